The minimum Gasteiger partial charge on any atom is -0.340 e. The average molecular weight is 319 g/mol. The number of fused-ring (bicyclic) bond motifs is 1. The third kappa shape index (κ3) is 2.92. The lowest BCUT2D eigenvalue weighted by molar-refractivity contribution is -0.132. The van der Waals surface area contributed by atoms with Crippen molar-refractivity contribution in [1.82, 2.24) is 14.9 Å². The number of aryl methyl sites for hydroxylation is 1. The molecule has 24 heavy (non-hydrogen) atoms. The van der Waals surface area contributed by atoms with Gasteiger partial charge in [-0.15, -0.1) is 0 Å². The van der Waals surface area contributed by atoms with E-state index in [0.29, 0.717) is 6.42 Å². The molecule has 1 fully saturated rings. The lowest BCUT2D eigenvalue weighted by atomic mass is 10.1. The molecule has 0 spiro atoms. The van der Waals surface area contributed by atoms with Crippen molar-refractivity contribution in [3.8, 4) is 0 Å². The van der Waals surface area contributed by atoms with E-state index in [-0.39, 0.29) is 11.9 Å². The standard InChI is InChI=1S/C20H21N3O/c24-19(13-12-15-7-2-1-3-8-15)23-14-6-11-18(23)20-21-16-9-4-5-10-17(16)22-20/h1-5,7-10,18H,6,11-14H2,(H,21,22)/t18-/m1/s1. The monoisotopic (exact) mass is 319 g/mol. The Bertz CT molecular complexity index is 807. The lowest BCUT2D eigenvalue weighted by Gasteiger charge is -2.23. The number of nitrogens with zero attached hydrogens (tertiary/aromatic N) is 2. The first-order chi connectivity index (χ1) is 11.8. The minimum absolute atomic E-state index is 0.0840. The van der Waals surface area contributed by atoms with Crippen molar-refractivity contribution in [3.05, 3.63) is 66.0 Å². The number of carbonyl (C=O) groups is 1. The van der Waals surface area contributed by atoms with Gasteiger partial charge in [-0.2, -0.15) is 0 Å². The number of nitrogens with one attached hydrogen (secondary N) is 1. The molecule has 0 radical (unpaired) electrons. The van der Waals surface area contributed by atoms with Gasteiger partial charge in [0.25, 0.3) is 0 Å². The van der Waals surface area contributed by atoms with Crippen LogP contribution in [0.5, 0.6) is 0 Å². The van der Waals surface area contributed by atoms with Gasteiger partial charge in [0.05, 0.1) is 17.1 Å². The molecule has 4 nitrogen and oxygen atoms in total. The molecular formula is C20H21N3O. The Kier molecular flexibility index (Phi) is 4.03. The summed E-state index contributed by atoms with van der Waals surface area (Å²) in [5.74, 6) is 1.14. The van der Waals surface area contributed by atoms with Gasteiger partial charge in [-0.3, -0.25) is 4.79 Å². The molecular weight excluding hydrogens is 298 g/mol. The highest BCUT2D eigenvalue weighted by Gasteiger charge is 2.31. The second-order valence-electron chi connectivity index (χ2n) is 6.37. The first kappa shape index (κ1) is 14.9. The van der Waals surface area contributed by atoms with E-state index in [4.69, 9.17) is 4.98 Å². The number of para-hydroxylation sites is 2. The number of imidazole rings is 1. The van der Waals surface area contributed by atoms with Gasteiger partial charge in [0.1, 0.15) is 5.82 Å². The van der Waals surface area contributed by atoms with Gasteiger partial charge in [-0.25, -0.2) is 4.98 Å². The summed E-state index contributed by atoms with van der Waals surface area (Å²) in [5.41, 5.74) is 3.22. The Morgan fingerprint density at radius 3 is 2.75 bits per heavy atom. The van der Waals surface area contributed by atoms with Gasteiger partial charge in [0.2, 0.25) is 5.91 Å². The van der Waals surface area contributed by atoms with Gasteiger partial charge in [-0.1, -0.05) is 42.5 Å². The van der Waals surface area contributed by atoms with Crippen LogP contribution < -0.4 is 0 Å². The summed E-state index contributed by atoms with van der Waals surface area (Å²) in [4.78, 5) is 22.8. The van der Waals surface area contributed by atoms with Crippen molar-refractivity contribution in [2.24, 2.45) is 0 Å². The normalized spacial score (nSPS) is 17.5. The summed E-state index contributed by atoms with van der Waals surface area (Å²) >= 11 is 0. The van der Waals surface area contributed by atoms with Gasteiger partial charge in [0, 0.05) is 13.0 Å². The molecule has 0 aliphatic carbocycles. The van der Waals surface area contributed by atoms with Gasteiger partial charge in [0.15, 0.2) is 0 Å². The highest BCUT2D eigenvalue weighted by molar-refractivity contribution is 5.78. The number of carbonyl (C=O) groups excluding carboxylic acids is 1. The number of H-pyrrole nitrogens is 1. The maximum atomic E-state index is 12.7. The van der Waals surface area contributed by atoms with Gasteiger partial charge < -0.3 is 9.88 Å². The number of hydrogen-bond donors (Lipinski definition) is 1. The summed E-state index contributed by atoms with van der Waals surface area (Å²) in [6, 6.07) is 18.3. The fourth-order valence-electron chi connectivity index (χ4n) is 3.52. The SMILES string of the molecule is O=C(CCc1ccccc1)N1CCC[C@@H]1c1nc2ccccc2[nH]1. The van der Waals surface area contributed by atoms with Crippen LogP contribution in [0.1, 0.15) is 36.7 Å². The van der Waals surface area contributed by atoms with E-state index < -0.39 is 0 Å². The van der Waals surface area contributed by atoms with Crippen LogP contribution in [0.2, 0.25) is 0 Å². The fraction of sp³-hybridized carbons (Fsp3) is 0.300. The molecule has 4 heteroatoms. The van der Waals surface area contributed by atoms with Crippen LogP contribution in [0, 0.1) is 0 Å². The molecule has 0 saturated carbocycles. The molecule has 1 aliphatic rings. The maximum Gasteiger partial charge on any atom is 0.223 e. The highest BCUT2D eigenvalue weighted by atomic mass is 16.2. The van der Waals surface area contributed by atoms with E-state index in [2.05, 4.69) is 17.1 Å². The van der Waals surface area contributed by atoms with E-state index in [1.54, 1.807) is 0 Å². The molecule has 1 atom stereocenters. The second kappa shape index (κ2) is 6.48. The third-order valence-corrected chi connectivity index (χ3v) is 4.77. The highest BCUT2D eigenvalue weighted by Crippen LogP contribution is 2.32. The van der Waals surface area contributed by atoms with Gasteiger partial charge >= 0.3 is 0 Å². The molecule has 0 unspecified atom stereocenters. The zero-order valence-electron chi connectivity index (χ0n) is 13.6. The zero-order chi connectivity index (χ0) is 16.4. The number of hydrogen-bond acceptors (Lipinski definition) is 2. The average Bonchev–Trinajstić information content (AvgIpc) is 3.26. The van der Waals surface area contributed by atoms with E-state index in [1.807, 2.05) is 47.4 Å². The van der Waals surface area contributed by atoms with Crippen molar-refractivity contribution in [2.75, 3.05) is 6.54 Å². The molecule has 1 aliphatic heterocycles. The van der Waals surface area contributed by atoms with Crippen molar-refractivity contribution < 1.29 is 4.79 Å². The largest absolute Gasteiger partial charge is 0.340 e. The molecule has 1 amide bonds. The quantitative estimate of drug-likeness (QED) is 0.794. The molecule has 1 aromatic heterocycles. The number of amides is 1. The number of aromatic amines is 1. The topological polar surface area (TPSA) is 49.0 Å². The van der Waals surface area contributed by atoms with Crippen LogP contribution in [-0.2, 0) is 11.2 Å². The molecule has 3 aromatic rings. The molecule has 1 N–H and O–H groups in total. The van der Waals surface area contributed by atoms with Gasteiger partial charge in [-0.05, 0) is 37.0 Å². The van der Waals surface area contributed by atoms with E-state index in [9.17, 15) is 4.79 Å². The molecule has 2 heterocycles. The Morgan fingerprint density at radius 2 is 1.92 bits per heavy atom. The molecule has 2 aromatic carbocycles. The van der Waals surface area contributed by atoms with Crippen molar-refractivity contribution >= 4 is 16.9 Å². The van der Waals surface area contributed by atoms with E-state index in [1.165, 1.54) is 5.56 Å². The Hall–Kier alpha value is -2.62. The summed E-state index contributed by atoms with van der Waals surface area (Å²) in [6.45, 7) is 0.829. The summed E-state index contributed by atoms with van der Waals surface area (Å²) in [5, 5.41) is 0. The Balaban J connectivity index is 1.48. The summed E-state index contributed by atoms with van der Waals surface area (Å²) in [7, 11) is 0. The van der Waals surface area contributed by atoms with E-state index >= 15 is 0 Å². The maximum absolute atomic E-state index is 12.7. The zero-order valence-corrected chi connectivity index (χ0v) is 13.6. The first-order valence-corrected chi connectivity index (χ1v) is 8.59. The third-order valence-electron chi connectivity index (χ3n) is 4.77. The Morgan fingerprint density at radius 1 is 1.12 bits per heavy atom. The number of benzene rings is 2. The van der Waals surface area contributed by atoms with E-state index in [0.717, 1.165) is 42.7 Å². The van der Waals surface area contributed by atoms with Crippen LogP contribution in [0.4, 0.5) is 0 Å². The van der Waals surface area contributed by atoms with Crippen LogP contribution in [-0.4, -0.2) is 27.3 Å². The van der Waals surface area contributed by atoms with Crippen LogP contribution in [0.15, 0.2) is 54.6 Å². The van der Waals surface area contributed by atoms with Crippen molar-refractivity contribution in [1.29, 1.82) is 0 Å². The van der Waals surface area contributed by atoms with Crippen LogP contribution in [0.3, 0.4) is 0 Å². The van der Waals surface area contributed by atoms with Crippen LogP contribution in [0.25, 0.3) is 11.0 Å². The number of aromatic nitrogens is 2. The second-order valence-corrected chi connectivity index (χ2v) is 6.37. The minimum atomic E-state index is 0.0840. The molecule has 0 bridgehead atoms. The summed E-state index contributed by atoms with van der Waals surface area (Å²) in [6.07, 6.45) is 3.37. The number of rotatable bonds is 4. The first-order valence-electron chi connectivity index (χ1n) is 8.59. The molecule has 4 rings (SSSR count). The number of likely N-dealkylation sites (tertiary alicyclic amines) is 1. The van der Waals surface area contributed by atoms with Crippen molar-refractivity contribution in [2.45, 2.75) is 31.7 Å². The lowest BCUT2D eigenvalue weighted by Crippen LogP contribution is -2.31. The summed E-state index contributed by atoms with van der Waals surface area (Å²) < 4.78 is 0. The van der Waals surface area contributed by atoms with Crippen LogP contribution >= 0.6 is 0 Å². The predicted molar refractivity (Wildman–Crippen MR) is 94.5 cm³/mol. The predicted octanol–water partition coefficient (Wildman–Crippen LogP) is 3.86. The van der Waals surface area contributed by atoms with Crippen molar-refractivity contribution in [3.63, 3.8) is 0 Å². The smallest absolute Gasteiger partial charge is 0.223 e. The molecule has 1 saturated heterocycles. The Labute approximate surface area is 141 Å². The fourth-order valence-corrected chi connectivity index (χ4v) is 3.52. The molecule has 122 valence electrons.